The third kappa shape index (κ3) is 4.25. The summed E-state index contributed by atoms with van der Waals surface area (Å²) in [6, 6.07) is 4.69. The van der Waals surface area contributed by atoms with Crippen molar-refractivity contribution in [3.8, 4) is 0 Å². The molecule has 1 amide bonds. The van der Waals surface area contributed by atoms with E-state index in [4.69, 9.17) is 17.3 Å². The first-order valence-corrected chi connectivity index (χ1v) is 5.82. The van der Waals surface area contributed by atoms with Gasteiger partial charge in [-0.3, -0.25) is 9.59 Å². The van der Waals surface area contributed by atoms with Gasteiger partial charge < -0.3 is 15.8 Å². The molecule has 0 saturated carbocycles. The summed E-state index contributed by atoms with van der Waals surface area (Å²) in [7, 11) is 1.33. The number of nitrogens with two attached hydrogens (primary N) is 1. The molecule has 3 N–H and O–H groups in total. The number of anilines is 1. The van der Waals surface area contributed by atoms with Gasteiger partial charge in [-0.2, -0.15) is 0 Å². The molecular weight excluding hydrogens is 256 g/mol. The first-order valence-electron chi connectivity index (χ1n) is 5.44. The number of hydrogen-bond donors (Lipinski definition) is 2. The van der Waals surface area contributed by atoms with Gasteiger partial charge in [-0.1, -0.05) is 11.6 Å². The lowest BCUT2D eigenvalue weighted by molar-refractivity contribution is -0.140. The Morgan fingerprint density at radius 2 is 2.17 bits per heavy atom. The maximum atomic E-state index is 11.7. The van der Waals surface area contributed by atoms with Crippen LogP contribution in [0.5, 0.6) is 0 Å². The smallest absolute Gasteiger partial charge is 0.305 e. The highest BCUT2D eigenvalue weighted by atomic mass is 35.5. The monoisotopic (exact) mass is 270 g/mol. The number of methoxy groups -OCH3 is 1. The fourth-order valence-corrected chi connectivity index (χ4v) is 1.62. The van der Waals surface area contributed by atoms with Gasteiger partial charge in [0.05, 0.1) is 17.7 Å². The Morgan fingerprint density at radius 3 is 2.78 bits per heavy atom. The number of benzene rings is 1. The number of carbonyl (C=O) groups is 2. The fraction of sp³-hybridized carbons (Fsp3) is 0.333. The molecule has 1 rings (SSSR count). The molecule has 0 radical (unpaired) electrons. The summed E-state index contributed by atoms with van der Waals surface area (Å²) in [4.78, 5) is 22.6. The topological polar surface area (TPSA) is 81.4 Å². The van der Waals surface area contributed by atoms with Gasteiger partial charge >= 0.3 is 5.97 Å². The second-order valence-corrected chi connectivity index (χ2v) is 4.08. The minimum absolute atomic E-state index is 0.270. The van der Waals surface area contributed by atoms with Crippen LogP contribution < -0.4 is 11.1 Å². The normalized spacial score (nSPS) is 9.89. The molecule has 0 spiro atoms. The summed E-state index contributed by atoms with van der Waals surface area (Å²) in [5.41, 5.74) is 6.40. The molecule has 0 fully saturated rings. The Balaban J connectivity index is 2.43. The summed E-state index contributed by atoms with van der Waals surface area (Å²) >= 11 is 5.90. The maximum Gasteiger partial charge on any atom is 0.305 e. The molecule has 98 valence electrons. The minimum Gasteiger partial charge on any atom is -0.469 e. The second kappa shape index (κ2) is 6.86. The number of rotatable bonds is 5. The Kier molecular flexibility index (Phi) is 5.45. The number of halogens is 1. The van der Waals surface area contributed by atoms with Gasteiger partial charge in [0.15, 0.2) is 0 Å². The van der Waals surface area contributed by atoms with Crippen LogP contribution in [0.4, 0.5) is 5.69 Å². The van der Waals surface area contributed by atoms with Crippen molar-refractivity contribution in [1.29, 1.82) is 0 Å². The summed E-state index contributed by atoms with van der Waals surface area (Å²) in [6.07, 6.45) is 0.789. The summed E-state index contributed by atoms with van der Waals surface area (Å²) in [5, 5.41) is 2.97. The first kappa shape index (κ1) is 14.3. The van der Waals surface area contributed by atoms with Crippen LogP contribution in [0.15, 0.2) is 18.2 Å². The van der Waals surface area contributed by atoms with E-state index < -0.39 is 0 Å². The third-order valence-corrected chi connectivity index (χ3v) is 2.62. The highest BCUT2D eigenvalue weighted by Crippen LogP contribution is 2.18. The molecule has 0 aliphatic heterocycles. The third-order valence-electron chi connectivity index (χ3n) is 2.31. The van der Waals surface area contributed by atoms with E-state index in [0.29, 0.717) is 29.2 Å². The number of nitrogen functional groups attached to an aromatic ring is 1. The number of nitrogens with one attached hydrogen (secondary N) is 1. The Labute approximate surface area is 110 Å². The van der Waals surface area contributed by atoms with E-state index >= 15 is 0 Å². The van der Waals surface area contributed by atoms with Crippen molar-refractivity contribution >= 4 is 29.2 Å². The molecule has 1 aromatic carbocycles. The lowest BCUT2D eigenvalue weighted by atomic mass is 10.2. The van der Waals surface area contributed by atoms with Gasteiger partial charge in [0.25, 0.3) is 5.91 Å². The molecule has 0 saturated heterocycles. The van der Waals surface area contributed by atoms with Crippen molar-refractivity contribution in [2.24, 2.45) is 0 Å². The maximum absolute atomic E-state index is 11.7. The van der Waals surface area contributed by atoms with Crippen LogP contribution in [0.3, 0.4) is 0 Å². The number of esters is 1. The Bertz CT molecular complexity index is 449. The van der Waals surface area contributed by atoms with Gasteiger partial charge in [0, 0.05) is 18.7 Å². The van der Waals surface area contributed by atoms with Crippen molar-refractivity contribution in [3.05, 3.63) is 28.8 Å². The molecule has 0 bridgehead atoms. The van der Waals surface area contributed by atoms with Crippen LogP contribution >= 0.6 is 11.6 Å². The van der Waals surface area contributed by atoms with Crippen molar-refractivity contribution in [3.63, 3.8) is 0 Å². The molecular formula is C12H15ClN2O3. The van der Waals surface area contributed by atoms with Gasteiger partial charge in [-0.15, -0.1) is 0 Å². The highest BCUT2D eigenvalue weighted by molar-refractivity contribution is 6.34. The van der Waals surface area contributed by atoms with Gasteiger partial charge in [0.1, 0.15) is 0 Å². The summed E-state index contributed by atoms with van der Waals surface area (Å²) < 4.78 is 4.49. The van der Waals surface area contributed by atoms with Crippen molar-refractivity contribution in [1.82, 2.24) is 5.32 Å². The first-order chi connectivity index (χ1) is 8.54. The van der Waals surface area contributed by atoms with Crippen LogP contribution in [-0.2, 0) is 9.53 Å². The largest absolute Gasteiger partial charge is 0.469 e. The highest BCUT2D eigenvalue weighted by Gasteiger charge is 2.10. The second-order valence-electron chi connectivity index (χ2n) is 3.67. The number of carbonyl (C=O) groups excluding carboxylic acids is 2. The van der Waals surface area contributed by atoms with E-state index in [9.17, 15) is 9.59 Å². The lowest BCUT2D eigenvalue weighted by Crippen LogP contribution is -2.25. The van der Waals surface area contributed by atoms with Crippen molar-refractivity contribution in [2.45, 2.75) is 12.8 Å². The van der Waals surface area contributed by atoms with E-state index in [1.165, 1.54) is 13.2 Å². The molecule has 6 heteroatoms. The molecule has 0 aliphatic rings. The van der Waals surface area contributed by atoms with E-state index in [-0.39, 0.29) is 18.3 Å². The van der Waals surface area contributed by atoms with Crippen LogP contribution in [0.2, 0.25) is 5.02 Å². The average Bonchev–Trinajstić information content (AvgIpc) is 2.34. The van der Waals surface area contributed by atoms with Crippen LogP contribution in [0, 0.1) is 0 Å². The predicted octanol–water partition coefficient (Wildman–Crippen LogP) is 1.61. The number of amides is 1. The molecule has 0 atom stereocenters. The zero-order valence-corrected chi connectivity index (χ0v) is 10.8. The van der Waals surface area contributed by atoms with Crippen molar-refractivity contribution < 1.29 is 14.3 Å². The van der Waals surface area contributed by atoms with Gasteiger partial charge in [-0.05, 0) is 24.6 Å². The molecule has 18 heavy (non-hydrogen) atoms. The van der Waals surface area contributed by atoms with E-state index in [1.54, 1.807) is 12.1 Å². The van der Waals surface area contributed by atoms with Crippen LogP contribution in [0.25, 0.3) is 0 Å². The summed E-state index contributed by atoms with van der Waals surface area (Å²) in [5.74, 6) is -0.584. The molecule has 0 heterocycles. The summed E-state index contributed by atoms with van der Waals surface area (Å²) in [6.45, 7) is 0.384. The molecule has 0 unspecified atom stereocenters. The standard InChI is InChI=1S/C12H15ClN2O3/c1-18-11(16)3-2-6-15-12(17)9-5-4-8(14)7-10(9)13/h4-5,7H,2-3,6,14H2,1H3,(H,15,17). The van der Waals surface area contributed by atoms with Gasteiger partial charge in [0.2, 0.25) is 0 Å². The SMILES string of the molecule is COC(=O)CCCNC(=O)c1ccc(N)cc1Cl. The predicted molar refractivity (Wildman–Crippen MR) is 69.4 cm³/mol. The van der Waals surface area contributed by atoms with Gasteiger partial charge in [-0.25, -0.2) is 0 Å². The molecule has 1 aromatic rings. The Morgan fingerprint density at radius 1 is 1.44 bits per heavy atom. The minimum atomic E-state index is -0.297. The van der Waals surface area contributed by atoms with Crippen LogP contribution in [0.1, 0.15) is 23.2 Å². The Hall–Kier alpha value is -1.75. The fourth-order valence-electron chi connectivity index (χ4n) is 1.35. The lowest BCUT2D eigenvalue weighted by Gasteiger charge is -2.06. The van der Waals surface area contributed by atoms with Crippen molar-refractivity contribution in [2.75, 3.05) is 19.4 Å². The average molecular weight is 271 g/mol. The number of ether oxygens (including phenoxy) is 1. The molecule has 0 aliphatic carbocycles. The quantitative estimate of drug-likeness (QED) is 0.484. The molecule has 5 nitrogen and oxygen atoms in total. The van der Waals surface area contributed by atoms with Crippen LogP contribution in [-0.4, -0.2) is 25.5 Å². The van der Waals surface area contributed by atoms with E-state index in [0.717, 1.165) is 0 Å². The number of hydrogen-bond acceptors (Lipinski definition) is 4. The van der Waals surface area contributed by atoms with E-state index in [1.807, 2.05) is 0 Å². The molecule has 0 aromatic heterocycles. The zero-order valence-electron chi connectivity index (χ0n) is 10.0. The zero-order chi connectivity index (χ0) is 13.5. The van der Waals surface area contributed by atoms with E-state index in [2.05, 4.69) is 10.1 Å².